The Balaban J connectivity index is 1.92. The molecule has 0 aliphatic heterocycles. The Morgan fingerprint density at radius 3 is 3.15 bits per heavy atom. The summed E-state index contributed by atoms with van der Waals surface area (Å²) >= 11 is 0. The molecule has 1 fully saturated rings. The first-order valence-electron chi connectivity index (χ1n) is 4.54. The van der Waals surface area contributed by atoms with Crippen LogP contribution in [0.3, 0.4) is 0 Å². The third-order valence-corrected chi connectivity index (χ3v) is 2.10. The molecule has 0 unspecified atom stereocenters. The van der Waals surface area contributed by atoms with E-state index < -0.39 is 0 Å². The van der Waals surface area contributed by atoms with Crippen molar-refractivity contribution in [2.45, 2.75) is 32.4 Å². The van der Waals surface area contributed by atoms with Crippen molar-refractivity contribution < 1.29 is 4.79 Å². The van der Waals surface area contributed by atoms with Gasteiger partial charge in [0, 0.05) is 13.1 Å². The lowest BCUT2D eigenvalue weighted by atomic mass is 10.4. The van der Waals surface area contributed by atoms with Gasteiger partial charge in [0.2, 0.25) is 5.91 Å². The molecule has 1 aliphatic carbocycles. The predicted octanol–water partition coefficient (Wildman–Crippen LogP) is 0.854. The normalized spacial score (nSPS) is 15.8. The molecular formula is C9H13N3O. The van der Waals surface area contributed by atoms with E-state index in [9.17, 15) is 4.79 Å². The molecule has 0 atom stereocenters. The van der Waals surface area contributed by atoms with Crippen molar-refractivity contribution in [2.24, 2.45) is 0 Å². The number of hydrogen-bond donors (Lipinski definition) is 1. The second kappa shape index (κ2) is 3.20. The molecule has 0 spiro atoms. The molecule has 1 N–H and O–H groups in total. The second-order valence-corrected chi connectivity index (χ2v) is 3.43. The number of carbonyl (C=O) groups is 1. The third-order valence-electron chi connectivity index (χ3n) is 2.10. The standard InChI is InChI=1S/C9H13N3O/c1-7(13)10-6-8-4-5-12(11-8)9-2-3-9/h4-5,9H,2-3,6H2,1H3,(H,10,13). The highest BCUT2D eigenvalue weighted by molar-refractivity contribution is 5.72. The van der Waals surface area contributed by atoms with Crippen LogP contribution in [0.5, 0.6) is 0 Å². The van der Waals surface area contributed by atoms with Gasteiger partial charge in [-0.3, -0.25) is 9.48 Å². The molecule has 70 valence electrons. The lowest BCUT2D eigenvalue weighted by Crippen LogP contribution is -2.19. The van der Waals surface area contributed by atoms with E-state index in [1.807, 2.05) is 16.9 Å². The Hall–Kier alpha value is -1.32. The average Bonchev–Trinajstić information content (AvgIpc) is 2.83. The highest BCUT2D eigenvalue weighted by Gasteiger charge is 2.23. The topological polar surface area (TPSA) is 46.9 Å². The van der Waals surface area contributed by atoms with Crippen molar-refractivity contribution in [3.05, 3.63) is 18.0 Å². The number of nitrogens with one attached hydrogen (secondary N) is 1. The van der Waals surface area contributed by atoms with Crippen LogP contribution in [-0.4, -0.2) is 15.7 Å². The summed E-state index contributed by atoms with van der Waals surface area (Å²) < 4.78 is 1.98. The third kappa shape index (κ3) is 2.08. The summed E-state index contributed by atoms with van der Waals surface area (Å²) in [6.45, 7) is 2.05. The van der Waals surface area contributed by atoms with Gasteiger partial charge in [-0.05, 0) is 18.9 Å². The van der Waals surface area contributed by atoms with Crippen LogP contribution in [0, 0.1) is 0 Å². The maximum Gasteiger partial charge on any atom is 0.217 e. The lowest BCUT2D eigenvalue weighted by molar-refractivity contribution is -0.119. The maximum absolute atomic E-state index is 10.6. The zero-order valence-corrected chi connectivity index (χ0v) is 7.66. The van der Waals surface area contributed by atoms with Crippen LogP contribution in [-0.2, 0) is 11.3 Å². The summed E-state index contributed by atoms with van der Waals surface area (Å²) in [5.41, 5.74) is 0.933. The van der Waals surface area contributed by atoms with Gasteiger partial charge in [-0.25, -0.2) is 0 Å². The van der Waals surface area contributed by atoms with Crippen molar-refractivity contribution in [2.75, 3.05) is 0 Å². The van der Waals surface area contributed by atoms with Gasteiger partial charge in [0.15, 0.2) is 0 Å². The molecule has 1 aromatic rings. The molecule has 1 aromatic heterocycles. The quantitative estimate of drug-likeness (QED) is 0.747. The van der Waals surface area contributed by atoms with Gasteiger partial charge in [-0.2, -0.15) is 5.10 Å². The second-order valence-electron chi connectivity index (χ2n) is 3.43. The van der Waals surface area contributed by atoms with E-state index in [2.05, 4.69) is 10.4 Å². The molecule has 13 heavy (non-hydrogen) atoms. The highest BCUT2D eigenvalue weighted by atomic mass is 16.1. The van der Waals surface area contributed by atoms with Gasteiger partial charge >= 0.3 is 0 Å². The van der Waals surface area contributed by atoms with Crippen LogP contribution < -0.4 is 5.32 Å². The lowest BCUT2D eigenvalue weighted by Gasteiger charge is -1.98. The molecular weight excluding hydrogens is 166 g/mol. The number of aromatic nitrogens is 2. The Kier molecular flexibility index (Phi) is 2.04. The Labute approximate surface area is 76.9 Å². The molecule has 1 heterocycles. The molecule has 4 nitrogen and oxygen atoms in total. The first kappa shape index (κ1) is 8.29. The van der Waals surface area contributed by atoms with Gasteiger partial charge in [-0.15, -0.1) is 0 Å². The number of nitrogens with zero attached hydrogens (tertiary/aromatic N) is 2. The van der Waals surface area contributed by atoms with Crippen molar-refractivity contribution in [3.8, 4) is 0 Å². The van der Waals surface area contributed by atoms with Gasteiger partial charge < -0.3 is 5.32 Å². The van der Waals surface area contributed by atoms with Crippen LogP contribution in [0.2, 0.25) is 0 Å². The fourth-order valence-corrected chi connectivity index (χ4v) is 1.23. The number of hydrogen-bond acceptors (Lipinski definition) is 2. The van der Waals surface area contributed by atoms with E-state index in [4.69, 9.17) is 0 Å². The summed E-state index contributed by atoms with van der Waals surface area (Å²) in [7, 11) is 0. The van der Waals surface area contributed by atoms with Crippen LogP contribution in [0.25, 0.3) is 0 Å². The van der Waals surface area contributed by atoms with E-state index in [1.165, 1.54) is 19.8 Å². The fourth-order valence-electron chi connectivity index (χ4n) is 1.23. The SMILES string of the molecule is CC(=O)NCc1ccn(C2CC2)n1. The molecule has 0 bridgehead atoms. The molecule has 2 rings (SSSR count). The highest BCUT2D eigenvalue weighted by Crippen LogP contribution is 2.33. The maximum atomic E-state index is 10.6. The van der Waals surface area contributed by atoms with Crippen LogP contribution in [0.1, 0.15) is 31.5 Å². The van der Waals surface area contributed by atoms with Gasteiger partial charge in [0.1, 0.15) is 0 Å². The summed E-state index contributed by atoms with van der Waals surface area (Å²) in [6.07, 6.45) is 4.46. The van der Waals surface area contributed by atoms with E-state index in [0.29, 0.717) is 12.6 Å². The molecule has 4 heteroatoms. The number of amides is 1. The summed E-state index contributed by atoms with van der Waals surface area (Å²) in [5.74, 6) is -0.0130. The van der Waals surface area contributed by atoms with Crippen LogP contribution in [0.15, 0.2) is 12.3 Å². The largest absolute Gasteiger partial charge is 0.351 e. The smallest absolute Gasteiger partial charge is 0.217 e. The van der Waals surface area contributed by atoms with E-state index >= 15 is 0 Å². The Bertz CT molecular complexity index is 314. The van der Waals surface area contributed by atoms with E-state index in [0.717, 1.165) is 5.69 Å². The molecule has 0 saturated heterocycles. The minimum Gasteiger partial charge on any atom is -0.351 e. The zero-order chi connectivity index (χ0) is 9.26. The van der Waals surface area contributed by atoms with E-state index in [1.54, 1.807) is 0 Å². The van der Waals surface area contributed by atoms with Crippen molar-refractivity contribution in [1.29, 1.82) is 0 Å². The summed E-state index contributed by atoms with van der Waals surface area (Å²) in [6, 6.07) is 2.57. The molecule has 1 saturated carbocycles. The number of rotatable bonds is 3. The first-order valence-corrected chi connectivity index (χ1v) is 4.54. The predicted molar refractivity (Wildman–Crippen MR) is 48.0 cm³/mol. The minimum atomic E-state index is -0.0130. The molecule has 0 radical (unpaired) electrons. The molecule has 1 amide bonds. The Morgan fingerprint density at radius 1 is 1.77 bits per heavy atom. The van der Waals surface area contributed by atoms with Crippen molar-refractivity contribution in [3.63, 3.8) is 0 Å². The van der Waals surface area contributed by atoms with Gasteiger partial charge in [-0.1, -0.05) is 0 Å². The van der Waals surface area contributed by atoms with E-state index in [-0.39, 0.29) is 5.91 Å². The molecule has 1 aliphatic rings. The average molecular weight is 179 g/mol. The zero-order valence-electron chi connectivity index (χ0n) is 7.66. The monoisotopic (exact) mass is 179 g/mol. The first-order chi connectivity index (χ1) is 6.25. The van der Waals surface area contributed by atoms with Gasteiger partial charge in [0.25, 0.3) is 0 Å². The van der Waals surface area contributed by atoms with Gasteiger partial charge in [0.05, 0.1) is 18.3 Å². The van der Waals surface area contributed by atoms with Crippen LogP contribution >= 0.6 is 0 Å². The summed E-state index contributed by atoms with van der Waals surface area (Å²) in [5, 5.41) is 7.07. The summed E-state index contributed by atoms with van der Waals surface area (Å²) in [4.78, 5) is 10.6. The van der Waals surface area contributed by atoms with Crippen LogP contribution in [0.4, 0.5) is 0 Å². The number of carbonyl (C=O) groups excluding carboxylic acids is 1. The fraction of sp³-hybridized carbons (Fsp3) is 0.556. The van der Waals surface area contributed by atoms with Crippen molar-refractivity contribution in [1.82, 2.24) is 15.1 Å². The molecule has 0 aromatic carbocycles. The minimum absolute atomic E-state index is 0.0130. The Morgan fingerprint density at radius 2 is 2.54 bits per heavy atom. The van der Waals surface area contributed by atoms with Crippen molar-refractivity contribution >= 4 is 5.91 Å².